The lowest BCUT2D eigenvalue weighted by molar-refractivity contribution is -0.116. The van der Waals surface area contributed by atoms with Crippen molar-refractivity contribution in [3.05, 3.63) is 107 Å². The molecule has 3 aromatic rings. The zero-order valence-electron chi connectivity index (χ0n) is 15.6. The monoisotopic (exact) mass is 357 g/mol. The Morgan fingerprint density at radius 3 is 2.26 bits per heavy atom. The Hall–Kier alpha value is -3.33. The summed E-state index contributed by atoms with van der Waals surface area (Å²) in [7, 11) is 1.63. The summed E-state index contributed by atoms with van der Waals surface area (Å²) >= 11 is 0. The number of ether oxygens (including phenoxy) is 1. The third kappa shape index (κ3) is 4.85. The number of hydrogen-bond acceptors (Lipinski definition) is 2. The van der Waals surface area contributed by atoms with E-state index in [0.29, 0.717) is 0 Å². The van der Waals surface area contributed by atoms with Crippen molar-refractivity contribution in [3.8, 4) is 5.75 Å². The number of methoxy groups -OCH3 is 1. The molecule has 0 aliphatic heterocycles. The van der Waals surface area contributed by atoms with Crippen molar-refractivity contribution >= 4 is 12.0 Å². The topological polar surface area (TPSA) is 38.3 Å². The molecule has 1 N–H and O–H groups in total. The van der Waals surface area contributed by atoms with E-state index in [-0.39, 0.29) is 11.9 Å². The highest BCUT2D eigenvalue weighted by Crippen LogP contribution is 2.24. The first kappa shape index (κ1) is 18.5. The molecule has 0 radical (unpaired) electrons. The maximum Gasteiger partial charge on any atom is 0.244 e. The highest BCUT2D eigenvalue weighted by Gasteiger charge is 2.17. The quantitative estimate of drug-likeness (QED) is 0.636. The summed E-state index contributed by atoms with van der Waals surface area (Å²) in [6.45, 7) is 2.06. The smallest absolute Gasteiger partial charge is 0.244 e. The Balaban J connectivity index is 1.80. The standard InChI is InChI=1S/C24H23NO2/c1-18-8-6-7-11-22(18)24(20-9-4-3-5-10-20)25-23(26)17-14-19-12-15-21(27-2)16-13-19/h3-17,24H,1-2H3,(H,25,26)/b17-14+/t24-/m0/s1. The molecule has 0 fully saturated rings. The van der Waals surface area contributed by atoms with Crippen LogP contribution in [0.25, 0.3) is 6.08 Å². The van der Waals surface area contributed by atoms with E-state index in [9.17, 15) is 4.79 Å². The van der Waals surface area contributed by atoms with E-state index in [2.05, 4.69) is 24.4 Å². The third-order valence-electron chi connectivity index (χ3n) is 4.46. The van der Waals surface area contributed by atoms with E-state index in [1.165, 1.54) is 0 Å². The van der Waals surface area contributed by atoms with Gasteiger partial charge in [0.25, 0.3) is 0 Å². The molecule has 3 aromatic carbocycles. The molecule has 0 heterocycles. The molecular formula is C24H23NO2. The summed E-state index contributed by atoms with van der Waals surface area (Å²) in [5.41, 5.74) is 4.23. The first-order valence-electron chi connectivity index (χ1n) is 8.90. The van der Waals surface area contributed by atoms with E-state index < -0.39 is 0 Å². The van der Waals surface area contributed by atoms with Crippen molar-refractivity contribution < 1.29 is 9.53 Å². The minimum absolute atomic E-state index is 0.136. The number of nitrogens with one attached hydrogen (secondary N) is 1. The van der Waals surface area contributed by atoms with Gasteiger partial charge in [-0.25, -0.2) is 0 Å². The van der Waals surface area contributed by atoms with Crippen LogP contribution in [0.5, 0.6) is 5.75 Å². The van der Waals surface area contributed by atoms with Crippen molar-refractivity contribution in [2.75, 3.05) is 7.11 Å². The van der Waals surface area contributed by atoms with Crippen LogP contribution < -0.4 is 10.1 Å². The second-order valence-electron chi connectivity index (χ2n) is 6.32. The van der Waals surface area contributed by atoms with Gasteiger partial charge in [0.05, 0.1) is 13.2 Å². The minimum atomic E-state index is -0.194. The SMILES string of the molecule is COc1ccc(/C=C/C(=O)N[C@@H](c2ccccc2)c2ccccc2C)cc1. The van der Waals surface area contributed by atoms with E-state index in [0.717, 1.165) is 28.0 Å². The molecule has 0 unspecified atom stereocenters. The second-order valence-corrected chi connectivity index (χ2v) is 6.32. The number of benzene rings is 3. The zero-order valence-corrected chi connectivity index (χ0v) is 15.6. The lowest BCUT2D eigenvalue weighted by Gasteiger charge is -2.21. The fourth-order valence-corrected chi connectivity index (χ4v) is 2.97. The predicted octanol–water partition coefficient (Wildman–Crippen LogP) is 4.92. The molecule has 0 aromatic heterocycles. The summed E-state index contributed by atoms with van der Waals surface area (Å²) < 4.78 is 5.15. The first-order chi connectivity index (χ1) is 13.2. The van der Waals surface area contributed by atoms with E-state index in [4.69, 9.17) is 4.74 Å². The molecule has 27 heavy (non-hydrogen) atoms. The van der Waals surface area contributed by atoms with Gasteiger partial charge in [0, 0.05) is 6.08 Å². The Labute approximate surface area is 160 Å². The van der Waals surface area contributed by atoms with Crippen molar-refractivity contribution in [1.82, 2.24) is 5.32 Å². The van der Waals surface area contributed by atoms with Gasteiger partial charge in [0.1, 0.15) is 5.75 Å². The lowest BCUT2D eigenvalue weighted by atomic mass is 9.95. The van der Waals surface area contributed by atoms with Gasteiger partial charge in [-0.15, -0.1) is 0 Å². The summed E-state index contributed by atoms with van der Waals surface area (Å²) in [6.07, 6.45) is 3.37. The maximum atomic E-state index is 12.6. The van der Waals surface area contributed by atoms with Gasteiger partial charge in [-0.1, -0.05) is 66.7 Å². The number of aryl methyl sites for hydroxylation is 1. The number of hydrogen-bond donors (Lipinski definition) is 1. The van der Waals surface area contributed by atoms with E-state index in [1.807, 2.05) is 66.7 Å². The Bertz CT molecular complexity index is 915. The molecule has 0 aliphatic rings. The molecule has 0 spiro atoms. The lowest BCUT2D eigenvalue weighted by Crippen LogP contribution is -2.28. The van der Waals surface area contributed by atoms with Crippen LogP contribution in [-0.2, 0) is 4.79 Å². The summed E-state index contributed by atoms with van der Waals surface area (Å²) in [6, 6.07) is 25.5. The summed E-state index contributed by atoms with van der Waals surface area (Å²) in [4.78, 5) is 12.6. The highest BCUT2D eigenvalue weighted by atomic mass is 16.5. The number of carbonyl (C=O) groups excluding carboxylic acids is 1. The van der Waals surface area contributed by atoms with Crippen LogP contribution in [0.2, 0.25) is 0 Å². The third-order valence-corrected chi connectivity index (χ3v) is 4.46. The zero-order chi connectivity index (χ0) is 19.1. The van der Waals surface area contributed by atoms with Crippen LogP contribution in [0.15, 0.2) is 84.9 Å². The fourth-order valence-electron chi connectivity index (χ4n) is 2.97. The largest absolute Gasteiger partial charge is 0.497 e. The van der Waals surface area contributed by atoms with Gasteiger partial charge in [0.15, 0.2) is 0 Å². The van der Waals surface area contributed by atoms with Crippen LogP contribution in [0.1, 0.15) is 28.3 Å². The maximum absolute atomic E-state index is 12.6. The fraction of sp³-hybridized carbons (Fsp3) is 0.125. The van der Waals surface area contributed by atoms with E-state index in [1.54, 1.807) is 19.3 Å². The van der Waals surface area contributed by atoms with Crippen LogP contribution in [0, 0.1) is 6.92 Å². The van der Waals surface area contributed by atoms with Gasteiger partial charge in [-0.2, -0.15) is 0 Å². The van der Waals surface area contributed by atoms with Crippen LogP contribution >= 0.6 is 0 Å². The average molecular weight is 357 g/mol. The summed E-state index contributed by atoms with van der Waals surface area (Å²) in [5.74, 6) is 0.656. The molecule has 0 saturated heterocycles. The molecule has 3 nitrogen and oxygen atoms in total. The summed E-state index contributed by atoms with van der Waals surface area (Å²) in [5, 5.41) is 3.13. The van der Waals surface area contributed by atoms with Gasteiger partial charge >= 0.3 is 0 Å². The molecule has 0 saturated carbocycles. The van der Waals surface area contributed by atoms with Gasteiger partial charge in [0.2, 0.25) is 5.91 Å². The number of carbonyl (C=O) groups is 1. The van der Waals surface area contributed by atoms with Crippen molar-refractivity contribution in [3.63, 3.8) is 0 Å². The van der Waals surface area contributed by atoms with Crippen LogP contribution in [-0.4, -0.2) is 13.0 Å². The van der Waals surface area contributed by atoms with Gasteiger partial charge < -0.3 is 10.1 Å². The number of amides is 1. The molecule has 136 valence electrons. The Kier molecular flexibility index (Phi) is 6.06. The molecule has 0 aliphatic carbocycles. The molecule has 1 amide bonds. The van der Waals surface area contributed by atoms with E-state index >= 15 is 0 Å². The molecular weight excluding hydrogens is 334 g/mol. The Morgan fingerprint density at radius 1 is 0.926 bits per heavy atom. The molecule has 3 rings (SSSR count). The van der Waals surface area contributed by atoms with Gasteiger partial charge in [-0.05, 0) is 47.4 Å². The average Bonchev–Trinajstić information content (AvgIpc) is 2.72. The highest BCUT2D eigenvalue weighted by molar-refractivity contribution is 5.92. The minimum Gasteiger partial charge on any atom is -0.497 e. The van der Waals surface area contributed by atoms with Gasteiger partial charge in [-0.3, -0.25) is 4.79 Å². The van der Waals surface area contributed by atoms with Crippen LogP contribution in [0.3, 0.4) is 0 Å². The molecule has 1 atom stereocenters. The van der Waals surface area contributed by atoms with Crippen molar-refractivity contribution in [2.45, 2.75) is 13.0 Å². The normalized spacial score (nSPS) is 11.9. The van der Waals surface area contributed by atoms with Crippen molar-refractivity contribution in [1.29, 1.82) is 0 Å². The molecule has 0 bridgehead atoms. The second kappa shape index (κ2) is 8.86. The predicted molar refractivity (Wildman–Crippen MR) is 110 cm³/mol. The first-order valence-corrected chi connectivity index (χ1v) is 8.90. The molecule has 3 heteroatoms. The van der Waals surface area contributed by atoms with Crippen molar-refractivity contribution in [2.24, 2.45) is 0 Å². The van der Waals surface area contributed by atoms with Crippen LogP contribution in [0.4, 0.5) is 0 Å². The Morgan fingerprint density at radius 2 is 1.59 bits per heavy atom. The number of rotatable bonds is 6.